The van der Waals surface area contributed by atoms with E-state index >= 15 is 0 Å². The molecule has 3 rings (SSSR count). The molecule has 0 aromatic heterocycles. The number of hydrogen-bond acceptors (Lipinski definition) is 18. The molecule has 3 saturated heterocycles. The highest BCUT2D eigenvalue weighted by molar-refractivity contribution is 5.76. The molecule has 0 aliphatic carbocycles. The minimum absolute atomic E-state index is 0.209. The van der Waals surface area contributed by atoms with Gasteiger partial charge in [-0.15, -0.1) is 0 Å². The highest BCUT2D eigenvalue weighted by Crippen LogP contribution is 2.33. The summed E-state index contributed by atoms with van der Waals surface area (Å²) in [6.45, 7) is 1.57. The summed E-state index contributed by atoms with van der Waals surface area (Å²) in [5, 5.41) is 120. The topological polar surface area (TPSA) is 307 Å². The molecule has 492 valence electrons. The largest absolute Gasteiger partial charge is 0.394 e. The Labute approximate surface area is 508 Å². The monoisotopic (exact) mass is 1210 g/mol. The van der Waals surface area contributed by atoms with Gasteiger partial charge in [0, 0.05) is 6.42 Å². The van der Waals surface area contributed by atoms with Crippen LogP contribution in [0.3, 0.4) is 0 Å². The maximum Gasteiger partial charge on any atom is 0.220 e. The fourth-order valence-corrected chi connectivity index (χ4v) is 10.6. The van der Waals surface area contributed by atoms with Crippen molar-refractivity contribution in [2.45, 2.75) is 311 Å². The summed E-state index contributed by atoms with van der Waals surface area (Å²) in [7, 11) is 0. The number of rotatable bonds is 48. The van der Waals surface area contributed by atoms with E-state index in [0.29, 0.717) is 12.8 Å². The Morgan fingerprint density at radius 1 is 0.435 bits per heavy atom. The van der Waals surface area contributed by atoms with E-state index in [1.54, 1.807) is 6.08 Å². The normalized spacial score (nSPS) is 29.4. The second-order valence-corrected chi connectivity index (χ2v) is 23.2. The van der Waals surface area contributed by atoms with E-state index in [4.69, 9.17) is 28.4 Å². The second kappa shape index (κ2) is 48.1. The van der Waals surface area contributed by atoms with Gasteiger partial charge in [-0.25, -0.2) is 0 Å². The van der Waals surface area contributed by atoms with Gasteiger partial charge in [0.25, 0.3) is 0 Å². The molecule has 0 saturated carbocycles. The summed E-state index contributed by atoms with van der Waals surface area (Å²) < 4.78 is 34.2. The van der Waals surface area contributed by atoms with Crippen LogP contribution in [0.5, 0.6) is 0 Å². The van der Waals surface area contributed by atoms with Gasteiger partial charge in [-0.1, -0.05) is 196 Å². The number of hydrogen-bond donors (Lipinski definition) is 12. The van der Waals surface area contributed by atoms with Gasteiger partial charge >= 0.3 is 0 Å². The summed E-state index contributed by atoms with van der Waals surface area (Å²) in [5.41, 5.74) is 0. The second-order valence-electron chi connectivity index (χ2n) is 23.2. The maximum atomic E-state index is 13.3. The number of nitrogens with one attached hydrogen (secondary N) is 1. The van der Waals surface area contributed by atoms with Gasteiger partial charge in [0.15, 0.2) is 18.9 Å². The van der Waals surface area contributed by atoms with E-state index in [-0.39, 0.29) is 18.9 Å². The third-order valence-electron chi connectivity index (χ3n) is 16.0. The number of carbonyl (C=O) groups is 1. The van der Waals surface area contributed by atoms with Crippen LogP contribution in [0.2, 0.25) is 0 Å². The van der Waals surface area contributed by atoms with Gasteiger partial charge < -0.3 is 89.9 Å². The molecule has 3 heterocycles. The van der Waals surface area contributed by atoms with Gasteiger partial charge in [-0.2, -0.15) is 0 Å². The minimum atomic E-state index is -1.99. The van der Waals surface area contributed by atoms with E-state index in [9.17, 15) is 61.0 Å². The molecule has 85 heavy (non-hydrogen) atoms. The zero-order valence-electron chi connectivity index (χ0n) is 51.6. The van der Waals surface area contributed by atoms with Crippen LogP contribution in [0.15, 0.2) is 72.9 Å². The first kappa shape index (κ1) is 76.5. The number of ether oxygens (including phenoxy) is 6. The van der Waals surface area contributed by atoms with Gasteiger partial charge in [0.2, 0.25) is 5.91 Å². The third kappa shape index (κ3) is 31.0. The molecule has 0 bridgehead atoms. The average molecular weight is 1210 g/mol. The van der Waals surface area contributed by atoms with Gasteiger partial charge in [-0.05, 0) is 77.0 Å². The molecule has 3 aliphatic heterocycles. The van der Waals surface area contributed by atoms with Crippen LogP contribution in [0, 0.1) is 0 Å². The molecule has 1 amide bonds. The van der Waals surface area contributed by atoms with Crippen molar-refractivity contribution in [3.8, 4) is 0 Å². The lowest BCUT2D eigenvalue weighted by molar-refractivity contribution is -0.379. The van der Waals surface area contributed by atoms with Crippen molar-refractivity contribution < 1.29 is 89.4 Å². The first-order valence-electron chi connectivity index (χ1n) is 32.7. The Bertz CT molecular complexity index is 1830. The molecule has 19 nitrogen and oxygen atoms in total. The van der Waals surface area contributed by atoms with E-state index < -0.39 is 124 Å². The van der Waals surface area contributed by atoms with Crippen LogP contribution in [0.1, 0.15) is 206 Å². The van der Waals surface area contributed by atoms with Gasteiger partial charge in [0.1, 0.15) is 73.2 Å². The van der Waals surface area contributed by atoms with Gasteiger partial charge in [-0.3, -0.25) is 4.79 Å². The summed E-state index contributed by atoms with van der Waals surface area (Å²) in [6, 6.07) is -1.01. The number of aliphatic hydroxyl groups is 11. The lowest BCUT2D eigenvalue weighted by atomic mass is 9.96. The van der Waals surface area contributed by atoms with Crippen molar-refractivity contribution in [2.24, 2.45) is 0 Å². The Balaban J connectivity index is 1.48. The predicted octanol–water partition coefficient (Wildman–Crippen LogP) is 7.38. The minimum Gasteiger partial charge on any atom is -0.394 e. The molecule has 17 atom stereocenters. The zero-order valence-corrected chi connectivity index (χ0v) is 51.6. The molecule has 0 aromatic rings. The van der Waals surface area contributed by atoms with Crippen LogP contribution >= 0.6 is 0 Å². The predicted molar refractivity (Wildman–Crippen MR) is 328 cm³/mol. The number of aliphatic hydroxyl groups excluding tert-OH is 11. The molecule has 3 aliphatic rings. The summed E-state index contributed by atoms with van der Waals surface area (Å²) in [6.07, 6.45) is 31.8. The number of allylic oxidation sites excluding steroid dienone is 11. The zero-order chi connectivity index (χ0) is 61.9. The number of unbranched alkanes of at least 4 members (excludes halogenated alkanes) is 22. The smallest absolute Gasteiger partial charge is 0.220 e. The van der Waals surface area contributed by atoms with Gasteiger partial charge in [0.05, 0.1) is 38.6 Å². The lowest BCUT2D eigenvalue weighted by Gasteiger charge is -2.48. The molecule has 12 N–H and O–H groups in total. The summed E-state index contributed by atoms with van der Waals surface area (Å²) in [5.74, 6) is -0.309. The van der Waals surface area contributed by atoms with Crippen molar-refractivity contribution in [3.63, 3.8) is 0 Å². The van der Waals surface area contributed by atoms with Crippen molar-refractivity contribution in [1.82, 2.24) is 5.32 Å². The Morgan fingerprint density at radius 2 is 0.824 bits per heavy atom. The van der Waals surface area contributed by atoms with Crippen molar-refractivity contribution in [3.05, 3.63) is 72.9 Å². The maximum absolute atomic E-state index is 13.3. The van der Waals surface area contributed by atoms with E-state index in [1.165, 1.54) is 96.3 Å². The molecule has 19 heteroatoms. The number of carbonyl (C=O) groups excluding carboxylic acids is 1. The van der Waals surface area contributed by atoms with Crippen LogP contribution in [0.4, 0.5) is 0 Å². The lowest BCUT2D eigenvalue weighted by Crippen LogP contribution is -2.66. The highest BCUT2D eigenvalue weighted by atomic mass is 16.8. The summed E-state index contributed by atoms with van der Waals surface area (Å²) >= 11 is 0. The Hall–Kier alpha value is -2.77. The van der Waals surface area contributed by atoms with Crippen molar-refractivity contribution >= 4 is 5.91 Å². The molecule has 0 aromatic carbocycles. The summed E-state index contributed by atoms with van der Waals surface area (Å²) in [4.78, 5) is 13.3. The molecule has 17 unspecified atom stereocenters. The number of amides is 1. The highest BCUT2D eigenvalue weighted by Gasteiger charge is 2.53. The van der Waals surface area contributed by atoms with Crippen molar-refractivity contribution in [1.29, 1.82) is 0 Å². The Kier molecular flexibility index (Phi) is 43.3. The fraction of sp³-hybridized carbons (Fsp3) is 0.803. The molecule has 3 fully saturated rings. The Morgan fingerprint density at radius 3 is 1.32 bits per heavy atom. The molecule has 0 radical (unpaired) electrons. The molecular weight excluding hydrogens is 1090 g/mol. The quantitative estimate of drug-likeness (QED) is 0.0209. The first-order chi connectivity index (χ1) is 41.3. The van der Waals surface area contributed by atoms with Crippen molar-refractivity contribution in [2.75, 3.05) is 26.4 Å². The first-order valence-corrected chi connectivity index (χ1v) is 32.7. The third-order valence-corrected chi connectivity index (χ3v) is 16.0. The van der Waals surface area contributed by atoms with E-state index in [2.05, 4.69) is 79.9 Å². The molecule has 0 spiro atoms. The molecular formula is C66H115NO18. The van der Waals surface area contributed by atoms with E-state index in [1.807, 2.05) is 6.08 Å². The average Bonchev–Trinajstić information content (AvgIpc) is 3.49. The SMILES string of the molecule is CC/C=C\C/C=C\C/C=C\CCCCCCCC(=O)NC(COC1OC(CO)C(OC2OC(CO)C(OC3OC(CO)C(O)C(O)C3O)C(O)C2O)C(O)C1O)C(O)/C=C/CC/C=C/CC/C=C/CCCCCCCCCCCCCCCCC. The standard InChI is InChI=1S/C66H115NO18/c1-3-5-7-9-11-13-15-17-19-20-21-22-23-24-25-26-27-28-30-31-33-35-37-39-41-43-50(71)49(67-54(72)44-42-40-38-36-34-32-29-18-16-14-12-10-8-6-4-2)48-80-64-60(78)57(75)62(52(46-69)82-64)85-66-61(79)58(76)63(53(47-70)83-66)84-65-59(77)56(74)55(73)51(45-68)81-65/h6,8,12,14,18,27-29,33,35,41,43,49-53,55-66,68-71,73-79H,3-5,7,9-11,13,15-17,19-26,30-32,34,36-40,42,44-48H2,1-2H3,(H,67,72)/b8-6-,14-12-,28-27+,29-18-,35-33+,43-41+. The van der Waals surface area contributed by atoms with Crippen LogP contribution in [-0.2, 0) is 33.2 Å². The van der Waals surface area contributed by atoms with Crippen LogP contribution in [-0.4, -0.2) is 193 Å². The van der Waals surface area contributed by atoms with E-state index in [0.717, 1.165) is 77.0 Å². The van der Waals surface area contributed by atoms with Crippen LogP contribution < -0.4 is 5.32 Å². The fourth-order valence-electron chi connectivity index (χ4n) is 10.6. The van der Waals surface area contributed by atoms with Crippen LogP contribution in [0.25, 0.3) is 0 Å².